The molecule has 0 spiro atoms. The normalized spacial score (nSPS) is 11.8. The monoisotopic (exact) mass is 424 g/mol. The number of benzene rings is 2. The molecular weight excluding hydrogens is 405 g/mol. The number of hydrogen-bond acceptors (Lipinski definition) is 4. The van der Waals surface area contributed by atoms with Crippen molar-refractivity contribution < 1.29 is 18.0 Å². The van der Waals surface area contributed by atoms with Gasteiger partial charge in [0.15, 0.2) is 0 Å². The largest absolute Gasteiger partial charge is 0.417 e. The van der Waals surface area contributed by atoms with Gasteiger partial charge in [0.2, 0.25) is 0 Å². The average Bonchev–Trinajstić information content (AvgIpc) is 2.74. The number of nitrogens with zero attached hydrogens (tertiary/aromatic N) is 1. The van der Waals surface area contributed by atoms with Crippen molar-refractivity contribution in [3.05, 3.63) is 89.3 Å². The number of carbonyl (C=O) groups excluding carboxylic acids is 1. The number of halogens is 3. The number of amides is 1. The summed E-state index contributed by atoms with van der Waals surface area (Å²) in [7, 11) is 0. The fourth-order valence-electron chi connectivity index (χ4n) is 3.06. The number of anilines is 1. The quantitative estimate of drug-likeness (QED) is 0.487. The van der Waals surface area contributed by atoms with Gasteiger partial charge in [-0.1, -0.05) is 30.3 Å². The number of rotatable bonds is 5. The van der Waals surface area contributed by atoms with Crippen molar-refractivity contribution in [1.29, 1.82) is 5.41 Å². The van der Waals surface area contributed by atoms with Crippen LogP contribution in [0.2, 0.25) is 0 Å². The van der Waals surface area contributed by atoms with Crippen molar-refractivity contribution in [1.82, 2.24) is 4.98 Å². The van der Waals surface area contributed by atoms with E-state index in [1.54, 1.807) is 0 Å². The first-order valence-electron chi connectivity index (χ1n) is 9.22. The summed E-state index contributed by atoms with van der Waals surface area (Å²) in [6.07, 6.45) is -1.34. The van der Waals surface area contributed by atoms with Crippen LogP contribution in [0.5, 0.6) is 0 Å². The lowest BCUT2D eigenvalue weighted by molar-refractivity contribution is -0.137. The Morgan fingerprint density at radius 1 is 1.13 bits per heavy atom. The van der Waals surface area contributed by atoms with Gasteiger partial charge in [-0.15, -0.1) is 0 Å². The van der Waals surface area contributed by atoms with E-state index in [2.05, 4.69) is 10.3 Å². The van der Waals surface area contributed by atoms with Crippen molar-refractivity contribution in [2.75, 3.05) is 5.32 Å². The van der Waals surface area contributed by atoms with Gasteiger partial charge in [0.25, 0.3) is 5.91 Å². The third-order valence-corrected chi connectivity index (χ3v) is 4.53. The molecular formula is C23H19F3N4O. The zero-order valence-corrected chi connectivity index (χ0v) is 16.5. The van der Waals surface area contributed by atoms with Crippen LogP contribution >= 0.6 is 0 Å². The van der Waals surface area contributed by atoms with Gasteiger partial charge in [0, 0.05) is 34.3 Å². The first-order valence-corrected chi connectivity index (χ1v) is 9.22. The van der Waals surface area contributed by atoms with Crippen molar-refractivity contribution >= 4 is 23.5 Å². The van der Waals surface area contributed by atoms with E-state index >= 15 is 0 Å². The number of alkyl halides is 3. The lowest BCUT2D eigenvalue weighted by atomic mass is 9.99. The van der Waals surface area contributed by atoms with Crippen LogP contribution in [-0.2, 0) is 6.18 Å². The topological polar surface area (TPSA) is 91.9 Å². The van der Waals surface area contributed by atoms with E-state index in [9.17, 15) is 18.0 Å². The van der Waals surface area contributed by atoms with Crippen LogP contribution in [0.4, 0.5) is 18.9 Å². The summed E-state index contributed by atoms with van der Waals surface area (Å²) in [6, 6.07) is 14.1. The summed E-state index contributed by atoms with van der Waals surface area (Å²) in [5.41, 5.74) is 6.84. The molecule has 0 saturated carbocycles. The molecule has 5 nitrogen and oxygen atoms in total. The van der Waals surface area contributed by atoms with Gasteiger partial charge in [-0.05, 0) is 42.8 Å². The Bertz CT molecular complexity index is 1160. The van der Waals surface area contributed by atoms with Gasteiger partial charge in [0.1, 0.15) is 0 Å². The first-order chi connectivity index (χ1) is 14.7. The first kappa shape index (κ1) is 21.8. The number of aromatic nitrogens is 1. The highest BCUT2D eigenvalue weighted by Crippen LogP contribution is 2.35. The SMILES string of the molecule is Cc1cc(-c2ccccc2)c(NC(=O)c2ccc(C(F)(F)F)c(C(N)=CC=N)c2)cn1. The number of aryl methyl sites for hydroxylation is 1. The zero-order valence-electron chi connectivity index (χ0n) is 16.5. The van der Waals surface area contributed by atoms with Crippen LogP contribution in [0.25, 0.3) is 16.8 Å². The molecule has 8 heteroatoms. The lowest BCUT2D eigenvalue weighted by Crippen LogP contribution is -2.16. The Morgan fingerprint density at radius 3 is 2.48 bits per heavy atom. The number of pyridine rings is 1. The molecule has 0 saturated heterocycles. The van der Waals surface area contributed by atoms with Crippen LogP contribution in [0, 0.1) is 12.3 Å². The van der Waals surface area contributed by atoms with E-state index in [1.807, 2.05) is 43.3 Å². The third kappa shape index (κ3) is 4.98. The van der Waals surface area contributed by atoms with Crippen molar-refractivity contribution in [2.45, 2.75) is 13.1 Å². The van der Waals surface area contributed by atoms with Crippen molar-refractivity contribution in [2.24, 2.45) is 5.73 Å². The molecule has 2 aromatic carbocycles. The van der Waals surface area contributed by atoms with Crippen LogP contribution in [0.3, 0.4) is 0 Å². The van der Waals surface area contributed by atoms with E-state index in [0.717, 1.165) is 47.3 Å². The molecule has 1 amide bonds. The summed E-state index contributed by atoms with van der Waals surface area (Å²) in [5, 5.41) is 9.79. The fraction of sp³-hybridized carbons (Fsp3) is 0.0870. The minimum atomic E-state index is -4.66. The van der Waals surface area contributed by atoms with Crippen LogP contribution in [0.15, 0.2) is 66.9 Å². The number of nitrogens with one attached hydrogen (secondary N) is 2. The number of allylic oxidation sites excluding steroid dienone is 1. The van der Waals surface area contributed by atoms with Gasteiger partial charge in [-0.2, -0.15) is 13.2 Å². The minimum Gasteiger partial charge on any atom is -0.398 e. The summed E-state index contributed by atoms with van der Waals surface area (Å²) in [6.45, 7) is 1.82. The summed E-state index contributed by atoms with van der Waals surface area (Å²) >= 11 is 0. The van der Waals surface area contributed by atoms with E-state index in [0.29, 0.717) is 5.69 Å². The third-order valence-electron chi connectivity index (χ3n) is 4.53. The highest BCUT2D eigenvalue weighted by Gasteiger charge is 2.34. The number of nitrogens with two attached hydrogens (primary N) is 1. The molecule has 31 heavy (non-hydrogen) atoms. The van der Waals surface area contributed by atoms with E-state index in [4.69, 9.17) is 11.1 Å². The zero-order chi connectivity index (χ0) is 22.6. The summed E-state index contributed by atoms with van der Waals surface area (Å²) < 4.78 is 40.1. The van der Waals surface area contributed by atoms with Crippen LogP contribution in [-0.4, -0.2) is 17.1 Å². The Balaban J connectivity index is 2.01. The molecule has 0 radical (unpaired) electrons. The number of hydrogen-bond donors (Lipinski definition) is 3. The van der Waals surface area contributed by atoms with Gasteiger partial charge in [-0.3, -0.25) is 9.78 Å². The Kier molecular flexibility index (Phi) is 6.20. The smallest absolute Gasteiger partial charge is 0.398 e. The molecule has 4 N–H and O–H groups in total. The van der Waals surface area contributed by atoms with Gasteiger partial charge in [0.05, 0.1) is 17.4 Å². The predicted molar refractivity (Wildman–Crippen MR) is 115 cm³/mol. The van der Waals surface area contributed by atoms with Crippen LogP contribution < -0.4 is 11.1 Å². The standard InChI is InChI=1S/C23H19F3N4O/c1-14-11-17(15-5-3-2-4-6-15)21(13-29-14)30-22(31)16-7-8-19(23(24,25)26)18(12-16)20(28)9-10-27/h2-13,27H,28H2,1H3,(H,30,31). The molecule has 0 atom stereocenters. The maximum absolute atomic E-state index is 13.4. The highest BCUT2D eigenvalue weighted by atomic mass is 19.4. The van der Waals surface area contributed by atoms with E-state index in [1.165, 1.54) is 6.20 Å². The van der Waals surface area contributed by atoms with E-state index in [-0.39, 0.29) is 16.8 Å². The molecule has 158 valence electrons. The molecule has 1 heterocycles. The molecule has 0 aliphatic rings. The van der Waals surface area contributed by atoms with Crippen LogP contribution in [0.1, 0.15) is 27.2 Å². The summed E-state index contributed by atoms with van der Waals surface area (Å²) in [4.78, 5) is 17.1. The number of carbonyl (C=O) groups is 1. The molecule has 0 fully saturated rings. The Morgan fingerprint density at radius 2 is 1.84 bits per heavy atom. The van der Waals surface area contributed by atoms with E-state index < -0.39 is 17.6 Å². The maximum Gasteiger partial charge on any atom is 0.417 e. The molecule has 0 bridgehead atoms. The molecule has 0 unspecified atom stereocenters. The molecule has 3 aromatic rings. The van der Waals surface area contributed by atoms with Crippen molar-refractivity contribution in [3.8, 4) is 11.1 Å². The minimum absolute atomic E-state index is 0.0103. The second-order valence-corrected chi connectivity index (χ2v) is 6.74. The highest BCUT2D eigenvalue weighted by molar-refractivity contribution is 6.06. The maximum atomic E-state index is 13.4. The lowest BCUT2D eigenvalue weighted by Gasteiger charge is -2.16. The van der Waals surface area contributed by atoms with Gasteiger partial charge >= 0.3 is 6.18 Å². The van der Waals surface area contributed by atoms with Crippen molar-refractivity contribution in [3.63, 3.8) is 0 Å². The molecule has 0 aliphatic carbocycles. The van der Waals surface area contributed by atoms with Gasteiger partial charge in [-0.25, -0.2) is 0 Å². The predicted octanol–water partition coefficient (Wildman–Crippen LogP) is 5.28. The second kappa shape index (κ2) is 8.83. The Hall–Kier alpha value is -3.94. The van der Waals surface area contributed by atoms with Gasteiger partial charge < -0.3 is 16.5 Å². The second-order valence-electron chi connectivity index (χ2n) is 6.74. The molecule has 3 rings (SSSR count). The summed E-state index contributed by atoms with van der Waals surface area (Å²) in [5.74, 6) is -0.611. The molecule has 1 aromatic heterocycles. The fourth-order valence-corrected chi connectivity index (χ4v) is 3.06. The molecule has 0 aliphatic heterocycles. The average molecular weight is 424 g/mol. The Labute approximate surface area is 176 Å².